The topological polar surface area (TPSA) is 93.5 Å². The Morgan fingerprint density at radius 3 is 2.52 bits per heavy atom. The summed E-state index contributed by atoms with van der Waals surface area (Å²) < 4.78 is 5.76. The summed E-state index contributed by atoms with van der Waals surface area (Å²) in [6, 6.07) is 14.3. The number of primary amides is 1. The van der Waals surface area contributed by atoms with Crippen molar-refractivity contribution in [2.45, 2.75) is 44.2 Å². The number of benzene rings is 2. The number of ether oxygens (including phenoxy) is 1. The Morgan fingerprint density at radius 1 is 1.03 bits per heavy atom. The van der Waals surface area contributed by atoms with E-state index in [4.69, 9.17) is 10.5 Å². The molecule has 29 heavy (non-hydrogen) atoms. The third-order valence-electron chi connectivity index (χ3n) is 5.66. The molecule has 1 saturated heterocycles. The summed E-state index contributed by atoms with van der Waals surface area (Å²) in [5.74, 6) is 1.31. The summed E-state index contributed by atoms with van der Waals surface area (Å²) in [6.45, 7) is 0. The lowest BCUT2D eigenvalue weighted by atomic mass is 9.85. The van der Waals surface area contributed by atoms with E-state index in [1.54, 1.807) is 36.4 Å². The third-order valence-corrected chi connectivity index (χ3v) is 5.66. The lowest BCUT2D eigenvalue weighted by molar-refractivity contribution is -0.117. The molecular weight excluding hydrogens is 390 g/mol. The van der Waals surface area contributed by atoms with E-state index in [1.165, 1.54) is 25.7 Å². The van der Waals surface area contributed by atoms with E-state index >= 15 is 0 Å². The van der Waals surface area contributed by atoms with E-state index in [2.05, 4.69) is 10.6 Å². The molecule has 2 aromatic rings. The fourth-order valence-corrected chi connectivity index (χ4v) is 4.21. The largest absolute Gasteiger partial charge is 0.457 e. The van der Waals surface area contributed by atoms with Gasteiger partial charge in [0.25, 0.3) is 0 Å². The zero-order valence-electron chi connectivity index (χ0n) is 16.1. The number of hydrogen-bond donors (Lipinski definition) is 3. The van der Waals surface area contributed by atoms with Crippen LogP contribution in [-0.4, -0.2) is 23.9 Å². The smallest absolute Gasteiger partial charge is 0.248 e. The molecule has 3 unspecified atom stereocenters. The van der Waals surface area contributed by atoms with Gasteiger partial charge in [-0.05, 0) is 67.6 Å². The van der Waals surface area contributed by atoms with Crippen molar-refractivity contribution in [1.82, 2.24) is 5.32 Å². The number of amides is 2. The van der Waals surface area contributed by atoms with Gasteiger partial charge in [0.2, 0.25) is 11.8 Å². The highest BCUT2D eigenvalue weighted by atomic mass is 35.5. The van der Waals surface area contributed by atoms with E-state index in [-0.39, 0.29) is 24.4 Å². The molecule has 7 heteroatoms. The highest BCUT2D eigenvalue weighted by Crippen LogP contribution is 2.33. The molecule has 6 nitrogen and oxygen atoms in total. The number of rotatable bonds is 5. The van der Waals surface area contributed by atoms with E-state index in [0.717, 1.165) is 12.1 Å². The van der Waals surface area contributed by atoms with Crippen LogP contribution in [0.4, 0.5) is 5.69 Å². The van der Waals surface area contributed by atoms with Gasteiger partial charge in [-0.15, -0.1) is 12.4 Å². The van der Waals surface area contributed by atoms with Crippen molar-refractivity contribution in [3.8, 4) is 11.5 Å². The van der Waals surface area contributed by atoms with Crippen LogP contribution in [0.1, 0.15) is 42.5 Å². The molecule has 3 atom stereocenters. The van der Waals surface area contributed by atoms with Gasteiger partial charge in [0.05, 0.1) is 6.04 Å². The number of nitrogens with two attached hydrogens (primary N) is 1. The lowest BCUT2D eigenvalue weighted by Gasteiger charge is -2.24. The van der Waals surface area contributed by atoms with Crippen LogP contribution < -0.4 is 21.1 Å². The molecule has 2 aliphatic rings. The molecule has 1 heterocycles. The van der Waals surface area contributed by atoms with Crippen LogP contribution in [0.2, 0.25) is 0 Å². The summed E-state index contributed by atoms with van der Waals surface area (Å²) >= 11 is 0. The monoisotopic (exact) mass is 415 g/mol. The minimum atomic E-state index is -0.496. The molecule has 2 fully saturated rings. The maximum Gasteiger partial charge on any atom is 0.248 e. The average Bonchev–Trinajstić information content (AvgIpc) is 3.14. The molecule has 1 aliphatic heterocycles. The Kier molecular flexibility index (Phi) is 6.77. The summed E-state index contributed by atoms with van der Waals surface area (Å²) in [6.07, 6.45) is 5.86. The van der Waals surface area contributed by atoms with Crippen LogP contribution in [0.3, 0.4) is 0 Å². The van der Waals surface area contributed by atoms with Gasteiger partial charge in [0.15, 0.2) is 0 Å². The maximum absolute atomic E-state index is 12.6. The quantitative estimate of drug-likeness (QED) is 0.691. The van der Waals surface area contributed by atoms with Crippen LogP contribution in [0.15, 0.2) is 48.5 Å². The van der Waals surface area contributed by atoms with E-state index in [0.29, 0.717) is 29.0 Å². The minimum Gasteiger partial charge on any atom is -0.457 e. The second kappa shape index (κ2) is 9.29. The van der Waals surface area contributed by atoms with Gasteiger partial charge in [-0.25, -0.2) is 0 Å². The second-order valence-corrected chi connectivity index (χ2v) is 7.61. The van der Waals surface area contributed by atoms with E-state index in [1.807, 2.05) is 12.1 Å². The molecular formula is C22H26ClN3O3. The molecule has 4 N–H and O–H groups in total. The first-order chi connectivity index (χ1) is 13.6. The Morgan fingerprint density at radius 2 is 1.79 bits per heavy atom. The van der Waals surface area contributed by atoms with Gasteiger partial charge < -0.3 is 21.1 Å². The fraction of sp³-hybridized carbons (Fsp3) is 0.364. The van der Waals surface area contributed by atoms with Crippen molar-refractivity contribution in [2.75, 3.05) is 5.32 Å². The summed E-state index contributed by atoms with van der Waals surface area (Å²) in [5, 5.41) is 6.49. The SMILES string of the molecule is Cl.NC(=O)c1cccc(Oc2ccc(NC(=O)C3CC4CCCCC4N3)cc2)c1. The van der Waals surface area contributed by atoms with Gasteiger partial charge in [0.1, 0.15) is 11.5 Å². The fourth-order valence-electron chi connectivity index (χ4n) is 4.21. The van der Waals surface area contributed by atoms with Crippen LogP contribution in [-0.2, 0) is 4.79 Å². The van der Waals surface area contributed by atoms with Crippen molar-refractivity contribution < 1.29 is 14.3 Å². The minimum absolute atomic E-state index is 0. The van der Waals surface area contributed by atoms with Gasteiger partial charge >= 0.3 is 0 Å². The van der Waals surface area contributed by atoms with Crippen LogP contribution in [0.5, 0.6) is 11.5 Å². The number of hydrogen-bond acceptors (Lipinski definition) is 4. The zero-order valence-corrected chi connectivity index (χ0v) is 16.9. The average molecular weight is 416 g/mol. The van der Waals surface area contributed by atoms with E-state index < -0.39 is 5.91 Å². The molecule has 2 amide bonds. The standard InChI is InChI=1S/C22H25N3O3.ClH/c23-21(26)15-5-3-6-18(12-15)28-17-10-8-16(9-11-17)24-22(27)20-13-14-4-1-2-7-19(14)25-20;/h3,5-6,8-12,14,19-20,25H,1-2,4,7,13H2,(H2,23,26)(H,24,27);1H. The van der Waals surface area contributed by atoms with Crippen LogP contribution in [0, 0.1) is 5.92 Å². The normalized spacial score (nSPS) is 22.8. The van der Waals surface area contributed by atoms with Gasteiger partial charge in [-0.3, -0.25) is 9.59 Å². The molecule has 0 radical (unpaired) electrons. The summed E-state index contributed by atoms with van der Waals surface area (Å²) in [4.78, 5) is 23.9. The number of anilines is 1. The van der Waals surface area contributed by atoms with E-state index in [9.17, 15) is 9.59 Å². The Bertz CT molecular complexity index is 858. The summed E-state index contributed by atoms with van der Waals surface area (Å²) in [7, 11) is 0. The van der Waals surface area contributed by atoms with Gasteiger partial charge in [0, 0.05) is 17.3 Å². The predicted octanol–water partition coefficient (Wildman–Crippen LogP) is 3.86. The van der Waals surface area contributed by atoms with Crippen molar-refractivity contribution >= 4 is 29.9 Å². The first-order valence-electron chi connectivity index (χ1n) is 9.83. The molecule has 0 aromatic heterocycles. The molecule has 0 bridgehead atoms. The van der Waals surface area contributed by atoms with Crippen LogP contribution in [0.25, 0.3) is 0 Å². The number of halogens is 1. The number of carbonyl (C=O) groups excluding carboxylic acids is 2. The Hall–Kier alpha value is -2.57. The molecule has 2 aromatic carbocycles. The number of carbonyl (C=O) groups is 2. The highest BCUT2D eigenvalue weighted by molar-refractivity contribution is 5.95. The number of fused-ring (bicyclic) bond motifs is 1. The molecule has 4 rings (SSSR count). The Labute approximate surface area is 176 Å². The third kappa shape index (κ3) is 5.08. The first kappa shape index (κ1) is 21.1. The number of nitrogens with one attached hydrogen (secondary N) is 2. The molecule has 154 valence electrons. The second-order valence-electron chi connectivity index (χ2n) is 7.61. The zero-order chi connectivity index (χ0) is 19.5. The van der Waals surface area contributed by atoms with Crippen LogP contribution >= 0.6 is 12.4 Å². The van der Waals surface area contributed by atoms with Crippen molar-refractivity contribution in [1.29, 1.82) is 0 Å². The summed E-state index contributed by atoms with van der Waals surface area (Å²) in [5.41, 5.74) is 6.42. The molecule has 1 saturated carbocycles. The van der Waals surface area contributed by atoms with Gasteiger partial charge in [-0.1, -0.05) is 18.9 Å². The van der Waals surface area contributed by atoms with Crippen molar-refractivity contribution in [2.24, 2.45) is 11.7 Å². The van der Waals surface area contributed by atoms with Crippen molar-refractivity contribution in [3.05, 3.63) is 54.1 Å². The lowest BCUT2D eigenvalue weighted by Crippen LogP contribution is -2.39. The van der Waals surface area contributed by atoms with Crippen molar-refractivity contribution in [3.63, 3.8) is 0 Å². The maximum atomic E-state index is 12.6. The van der Waals surface area contributed by atoms with Gasteiger partial charge in [-0.2, -0.15) is 0 Å². The Balaban J connectivity index is 0.00000240. The first-order valence-corrected chi connectivity index (χ1v) is 9.83. The molecule has 1 aliphatic carbocycles. The molecule has 0 spiro atoms. The predicted molar refractivity (Wildman–Crippen MR) is 115 cm³/mol. The highest BCUT2D eigenvalue weighted by Gasteiger charge is 2.38.